The number of nitrogens with zero attached hydrogens (tertiary/aromatic N) is 6. The summed E-state index contributed by atoms with van der Waals surface area (Å²) in [6, 6.07) is 18.0. The van der Waals surface area contributed by atoms with Crippen LogP contribution < -0.4 is 10.2 Å². The Bertz CT molecular complexity index is 1390. The van der Waals surface area contributed by atoms with Gasteiger partial charge in [-0.1, -0.05) is 30.3 Å². The van der Waals surface area contributed by atoms with Crippen LogP contribution in [0.1, 0.15) is 24.4 Å². The molecular formula is C28H31N7O3. The third kappa shape index (κ3) is 5.18. The first-order valence-electron chi connectivity index (χ1n) is 13.1. The van der Waals surface area contributed by atoms with E-state index >= 15 is 0 Å². The molecule has 2 aliphatic rings. The zero-order chi connectivity index (χ0) is 25.9. The Balaban J connectivity index is 1.30. The van der Waals surface area contributed by atoms with Crippen LogP contribution in [-0.2, 0) is 11.3 Å². The van der Waals surface area contributed by atoms with E-state index in [-0.39, 0.29) is 6.04 Å². The van der Waals surface area contributed by atoms with Crippen LogP contribution >= 0.6 is 0 Å². The molecule has 2 fully saturated rings. The molecule has 38 heavy (non-hydrogen) atoms. The van der Waals surface area contributed by atoms with Crippen LogP contribution in [-0.4, -0.2) is 75.2 Å². The number of amides is 1. The summed E-state index contributed by atoms with van der Waals surface area (Å²) in [5, 5.41) is 17.2. The highest BCUT2D eigenvalue weighted by atomic mass is 16.5. The summed E-state index contributed by atoms with van der Waals surface area (Å²) < 4.78 is 7.67. The van der Waals surface area contributed by atoms with Crippen molar-refractivity contribution in [2.75, 3.05) is 49.6 Å². The summed E-state index contributed by atoms with van der Waals surface area (Å²) in [4.78, 5) is 25.7. The fourth-order valence-corrected chi connectivity index (χ4v) is 5.31. The number of morpholine rings is 1. The smallest absolute Gasteiger partial charge is 0.409 e. The van der Waals surface area contributed by atoms with Crippen molar-refractivity contribution < 1.29 is 14.6 Å². The topological polar surface area (TPSA) is 109 Å². The summed E-state index contributed by atoms with van der Waals surface area (Å²) in [6.07, 6.45) is 2.82. The fourth-order valence-electron chi connectivity index (χ4n) is 5.31. The first-order chi connectivity index (χ1) is 18.6. The van der Waals surface area contributed by atoms with Crippen LogP contribution in [0.5, 0.6) is 0 Å². The van der Waals surface area contributed by atoms with Crippen molar-refractivity contribution in [3.8, 4) is 11.4 Å². The molecule has 2 aromatic carbocycles. The van der Waals surface area contributed by atoms with Gasteiger partial charge in [0.1, 0.15) is 5.82 Å². The number of aromatic nitrogens is 4. The molecule has 2 aromatic heterocycles. The van der Waals surface area contributed by atoms with Gasteiger partial charge in [0, 0.05) is 44.0 Å². The molecule has 0 saturated carbocycles. The van der Waals surface area contributed by atoms with Crippen LogP contribution in [0.3, 0.4) is 0 Å². The van der Waals surface area contributed by atoms with Crippen LogP contribution in [0.25, 0.3) is 22.4 Å². The maximum atomic E-state index is 11.0. The largest absolute Gasteiger partial charge is 0.465 e. The molecule has 0 atom stereocenters. The lowest BCUT2D eigenvalue weighted by Crippen LogP contribution is -2.37. The SMILES string of the molecule is O=C(O)Nc1ccc(-c2nc(N3CCOCC3)c3cnn(C4CCN(Cc5ccccc5)CC4)c3n2)cc1. The van der Waals surface area contributed by atoms with Crippen molar-refractivity contribution in [3.63, 3.8) is 0 Å². The number of hydrogen-bond acceptors (Lipinski definition) is 7. The van der Waals surface area contributed by atoms with E-state index in [0.717, 1.165) is 68.0 Å². The van der Waals surface area contributed by atoms with E-state index in [0.29, 0.717) is 24.7 Å². The molecule has 0 unspecified atom stereocenters. The first-order valence-corrected chi connectivity index (χ1v) is 13.1. The third-order valence-corrected chi connectivity index (χ3v) is 7.29. The van der Waals surface area contributed by atoms with Gasteiger partial charge in [0.05, 0.1) is 30.8 Å². The molecule has 2 aliphatic heterocycles. The van der Waals surface area contributed by atoms with Gasteiger partial charge < -0.3 is 14.7 Å². The molecule has 10 heteroatoms. The Labute approximate surface area is 220 Å². The van der Waals surface area contributed by atoms with Gasteiger partial charge in [0.15, 0.2) is 11.5 Å². The van der Waals surface area contributed by atoms with Gasteiger partial charge in [-0.3, -0.25) is 10.2 Å². The molecular weight excluding hydrogens is 482 g/mol. The lowest BCUT2D eigenvalue weighted by Gasteiger charge is -2.32. The van der Waals surface area contributed by atoms with Crippen molar-refractivity contribution in [1.82, 2.24) is 24.6 Å². The number of ether oxygens (including phenoxy) is 1. The molecule has 0 bridgehead atoms. The standard InChI is InChI=1S/C28H31N7O3/c36-28(37)30-22-8-6-21(7-9-22)25-31-26(34-14-16-38-17-15-34)24-18-29-35(27(24)32-25)23-10-12-33(13-11-23)19-20-4-2-1-3-5-20/h1-9,18,23,30H,10-17,19H2,(H,36,37). The molecule has 2 N–H and O–H groups in total. The lowest BCUT2D eigenvalue weighted by atomic mass is 10.0. The summed E-state index contributed by atoms with van der Waals surface area (Å²) in [5.74, 6) is 1.47. The minimum atomic E-state index is -1.09. The fraction of sp³-hybridized carbons (Fsp3) is 0.357. The lowest BCUT2D eigenvalue weighted by molar-refractivity contribution is 0.122. The minimum Gasteiger partial charge on any atom is -0.465 e. The monoisotopic (exact) mass is 513 g/mol. The van der Waals surface area contributed by atoms with Crippen molar-refractivity contribution in [3.05, 3.63) is 66.4 Å². The highest BCUT2D eigenvalue weighted by Gasteiger charge is 2.26. The van der Waals surface area contributed by atoms with Crippen LogP contribution in [0.4, 0.5) is 16.3 Å². The van der Waals surface area contributed by atoms with Crippen molar-refractivity contribution in [2.45, 2.75) is 25.4 Å². The molecule has 0 aliphatic carbocycles. The number of likely N-dealkylation sites (tertiary alicyclic amines) is 1. The van der Waals surface area contributed by atoms with Crippen LogP contribution in [0, 0.1) is 0 Å². The molecule has 6 rings (SSSR count). The molecule has 2 saturated heterocycles. The summed E-state index contributed by atoms with van der Waals surface area (Å²) in [5.41, 5.74) is 3.50. The normalized spacial score (nSPS) is 17.1. The van der Waals surface area contributed by atoms with Crippen LogP contribution in [0.2, 0.25) is 0 Å². The number of rotatable bonds is 6. The third-order valence-electron chi connectivity index (χ3n) is 7.29. The Hall–Kier alpha value is -4.02. The highest BCUT2D eigenvalue weighted by Crippen LogP contribution is 2.32. The number of hydrogen-bond donors (Lipinski definition) is 2. The highest BCUT2D eigenvalue weighted by molar-refractivity contribution is 5.89. The molecule has 1 amide bonds. The summed E-state index contributed by atoms with van der Waals surface area (Å²) in [6.45, 7) is 5.81. The number of carboxylic acid groups (broad SMARTS) is 1. The average molecular weight is 514 g/mol. The second-order valence-corrected chi connectivity index (χ2v) is 9.80. The first kappa shape index (κ1) is 24.3. The molecule has 4 heterocycles. The maximum Gasteiger partial charge on any atom is 0.409 e. The van der Waals surface area contributed by atoms with Gasteiger partial charge >= 0.3 is 6.09 Å². The Morgan fingerprint density at radius 2 is 1.71 bits per heavy atom. The second kappa shape index (κ2) is 10.8. The Kier molecular flexibility index (Phi) is 6.89. The number of carbonyl (C=O) groups is 1. The quantitative estimate of drug-likeness (QED) is 0.394. The molecule has 196 valence electrons. The Morgan fingerprint density at radius 1 is 0.974 bits per heavy atom. The van der Waals surface area contributed by atoms with Gasteiger partial charge in [-0.05, 0) is 42.7 Å². The maximum absolute atomic E-state index is 11.0. The predicted molar refractivity (Wildman–Crippen MR) is 145 cm³/mol. The van der Waals surface area contributed by atoms with Gasteiger partial charge in [-0.15, -0.1) is 0 Å². The van der Waals surface area contributed by atoms with Crippen molar-refractivity contribution >= 4 is 28.6 Å². The summed E-state index contributed by atoms with van der Waals surface area (Å²) >= 11 is 0. The van der Waals surface area contributed by atoms with E-state index in [1.165, 1.54) is 5.56 Å². The Morgan fingerprint density at radius 3 is 2.42 bits per heavy atom. The van der Waals surface area contributed by atoms with E-state index in [1.807, 2.05) is 18.3 Å². The number of benzene rings is 2. The molecule has 10 nitrogen and oxygen atoms in total. The van der Waals surface area contributed by atoms with Gasteiger partial charge in [0.25, 0.3) is 0 Å². The predicted octanol–water partition coefficient (Wildman–Crippen LogP) is 4.26. The second-order valence-electron chi connectivity index (χ2n) is 9.80. The van der Waals surface area contributed by atoms with Gasteiger partial charge in [-0.2, -0.15) is 5.10 Å². The van der Waals surface area contributed by atoms with E-state index in [9.17, 15) is 4.79 Å². The zero-order valence-corrected chi connectivity index (χ0v) is 21.2. The average Bonchev–Trinajstić information content (AvgIpc) is 3.38. The number of anilines is 2. The number of fused-ring (bicyclic) bond motifs is 1. The summed E-state index contributed by atoms with van der Waals surface area (Å²) in [7, 11) is 0. The minimum absolute atomic E-state index is 0.266. The van der Waals surface area contributed by atoms with Crippen molar-refractivity contribution in [2.24, 2.45) is 0 Å². The molecule has 4 aromatic rings. The zero-order valence-electron chi connectivity index (χ0n) is 21.2. The van der Waals surface area contributed by atoms with Crippen LogP contribution in [0.15, 0.2) is 60.8 Å². The van der Waals surface area contributed by atoms with E-state index in [2.05, 4.69) is 50.1 Å². The molecule has 0 spiro atoms. The van der Waals surface area contributed by atoms with Gasteiger partial charge in [0.2, 0.25) is 0 Å². The molecule has 0 radical (unpaired) electrons. The van der Waals surface area contributed by atoms with E-state index in [1.54, 1.807) is 12.1 Å². The van der Waals surface area contributed by atoms with E-state index in [4.69, 9.17) is 24.9 Å². The van der Waals surface area contributed by atoms with Crippen molar-refractivity contribution in [1.29, 1.82) is 0 Å². The van der Waals surface area contributed by atoms with Gasteiger partial charge in [-0.25, -0.2) is 19.4 Å². The number of piperidine rings is 1. The van der Waals surface area contributed by atoms with E-state index < -0.39 is 6.09 Å². The number of nitrogens with one attached hydrogen (secondary N) is 1.